The van der Waals surface area contributed by atoms with Gasteiger partial charge in [-0.15, -0.1) is 0 Å². The van der Waals surface area contributed by atoms with E-state index in [4.69, 9.17) is 5.73 Å². The fraction of sp³-hybridized carbons (Fsp3) is 0.579. The van der Waals surface area contributed by atoms with Crippen molar-refractivity contribution < 1.29 is 9.59 Å². The largest absolute Gasteiger partial charge is 0.368 e. The van der Waals surface area contributed by atoms with E-state index in [9.17, 15) is 9.59 Å². The Morgan fingerprint density at radius 3 is 2.04 bits per heavy atom. The lowest BCUT2D eigenvalue weighted by Gasteiger charge is -2.35. The molecule has 5 nitrogen and oxygen atoms in total. The third-order valence-corrected chi connectivity index (χ3v) is 4.98. The van der Waals surface area contributed by atoms with E-state index in [1.54, 1.807) is 0 Å². The number of rotatable bonds is 5. The first kappa shape index (κ1) is 18.3. The average molecular weight is 331 g/mol. The van der Waals surface area contributed by atoms with Crippen molar-refractivity contribution in [2.75, 3.05) is 0 Å². The van der Waals surface area contributed by atoms with E-state index in [-0.39, 0.29) is 12.1 Å². The minimum Gasteiger partial charge on any atom is -0.368 e. The van der Waals surface area contributed by atoms with Crippen LogP contribution in [0.3, 0.4) is 0 Å². The molecule has 4 N–H and O–H groups in total. The molecule has 5 heteroatoms. The standard InChI is InChI=1S/C19H29N3O2/c1-13(2)15-7-9-16(10-8-15)14(3)21-18(24)22-19(17(20)23)11-5-4-6-12-19/h7-10,13-14H,4-6,11-12H2,1-3H3,(H2,20,23)(H2,21,22,24)/t14-/m1/s1. The molecular weight excluding hydrogens is 302 g/mol. The van der Waals surface area contributed by atoms with Crippen LogP contribution >= 0.6 is 0 Å². The van der Waals surface area contributed by atoms with Crippen molar-refractivity contribution in [1.29, 1.82) is 0 Å². The van der Waals surface area contributed by atoms with E-state index in [0.717, 1.165) is 24.8 Å². The molecule has 1 saturated carbocycles. The van der Waals surface area contributed by atoms with Crippen LogP contribution in [0.5, 0.6) is 0 Å². The summed E-state index contributed by atoms with van der Waals surface area (Å²) in [6.07, 6.45) is 4.14. The predicted molar refractivity (Wildman–Crippen MR) is 95.6 cm³/mol. The number of hydrogen-bond donors (Lipinski definition) is 3. The minimum absolute atomic E-state index is 0.139. The van der Waals surface area contributed by atoms with Crippen LogP contribution in [0.15, 0.2) is 24.3 Å². The third-order valence-electron chi connectivity index (χ3n) is 4.98. The fourth-order valence-electron chi connectivity index (χ4n) is 3.29. The number of nitrogens with one attached hydrogen (secondary N) is 2. The molecule has 0 spiro atoms. The Bertz CT molecular complexity index is 575. The molecule has 1 aromatic rings. The molecule has 132 valence electrons. The lowest BCUT2D eigenvalue weighted by atomic mass is 9.81. The summed E-state index contributed by atoms with van der Waals surface area (Å²) < 4.78 is 0. The first-order valence-electron chi connectivity index (χ1n) is 8.82. The van der Waals surface area contributed by atoms with E-state index in [2.05, 4.69) is 36.6 Å². The van der Waals surface area contributed by atoms with Crippen LogP contribution in [0.4, 0.5) is 4.79 Å². The molecule has 0 radical (unpaired) electrons. The Morgan fingerprint density at radius 1 is 1.00 bits per heavy atom. The van der Waals surface area contributed by atoms with Gasteiger partial charge >= 0.3 is 6.03 Å². The second kappa shape index (κ2) is 7.69. The summed E-state index contributed by atoms with van der Waals surface area (Å²) in [4.78, 5) is 24.2. The average Bonchev–Trinajstić information content (AvgIpc) is 2.55. The second-order valence-corrected chi connectivity index (χ2v) is 7.15. The molecule has 1 atom stereocenters. The van der Waals surface area contributed by atoms with Gasteiger partial charge in [-0.2, -0.15) is 0 Å². The monoisotopic (exact) mass is 331 g/mol. The Hall–Kier alpha value is -2.04. The van der Waals surface area contributed by atoms with Gasteiger partial charge in [0.15, 0.2) is 0 Å². The molecule has 0 aliphatic heterocycles. The van der Waals surface area contributed by atoms with Gasteiger partial charge in [-0.3, -0.25) is 4.79 Å². The van der Waals surface area contributed by atoms with Crippen LogP contribution in [0, 0.1) is 0 Å². The van der Waals surface area contributed by atoms with Gasteiger partial charge in [0.25, 0.3) is 0 Å². The number of primary amides is 1. The molecule has 3 amide bonds. The number of urea groups is 1. The lowest BCUT2D eigenvalue weighted by Crippen LogP contribution is -2.60. The van der Waals surface area contributed by atoms with Crippen molar-refractivity contribution >= 4 is 11.9 Å². The van der Waals surface area contributed by atoms with Crippen LogP contribution in [-0.2, 0) is 4.79 Å². The molecule has 1 aliphatic rings. The molecule has 1 aliphatic carbocycles. The molecule has 1 fully saturated rings. The highest BCUT2D eigenvalue weighted by molar-refractivity contribution is 5.90. The minimum atomic E-state index is -0.899. The van der Waals surface area contributed by atoms with E-state index in [1.807, 2.05) is 19.1 Å². The topological polar surface area (TPSA) is 84.2 Å². The van der Waals surface area contributed by atoms with E-state index in [0.29, 0.717) is 18.8 Å². The summed E-state index contributed by atoms with van der Waals surface area (Å²) in [6.45, 7) is 6.23. The predicted octanol–water partition coefficient (Wildman–Crippen LogP) is 3.36. The van der Waals surface area contributed by atoms with Crippen LogP contribution in [0.1, 0.15) is 76.0 Å². The second-order valence-electron chi connectivity index (χ2n) is 7.15. The maximum Gasteiger partial charge on any atom is 0.316 e. The van der Waals surface area contributed by atoms with Gasteiger partial charge in [-0.1, -0.05) is 57.4 Å². The van der Waals surface area contributed by atoms with E-state index in [1.165, 1.54) is 5.56 Å². The van der Waals surface area contributed by atoms with Crippen molar-refractivity contribution in [1.82, 2.24) is 10.6 Å². The first-order chi connectivity index (χ1) is 11.3. The molecule has 1 aromatic carbocycles. The Labute approximate surface area is 144 Å². The Morgan fingerprint density at radius 2 is 1.54 bits per heavy atom. The summed E-state index contributed by atoms with van der Waals surface area (Å²) in [7, 11) is 0. The number of nitrogens with two attached hydrogens (primary N) is 1. The summed E-state index contributed by atoms with van der Waals surface area (Å²) in [6, 6.07) is 7.76. The fourth-order valence-corrected chi connectivity index (χ4v) is 3.29. The maximum absolute atomic E-state index is 12.3. The van der Waals surface area contributed by atoms with Gasteiger partial charge in [0.2, 0.25) is 5.91 Å². The third kappa shape index (κ3) is 4.28. The summed E-state index contributed by atoms with van der Waals surface area (Å²) in [5.41, 5.74) is 6.96. The Balaban J connectivity index is 1.98. The molecule has 0 unspecified atom stereocenters. The zero-order chi connectivity index (χ0) is 17.7. The lowest BCUT2D eigenvalue weighted by molar-refractivity contribution is -0.125. The summed E-state index contributed by atoms with van der Waals surface area (Å²) in [5.74, 6) is 0.0404. The molecule has 0 aromatic heterocycles. The maximum atomic E-state index is 12.3. The first-order valence-corrected chi connectivity index (χ1v) is 8.82. The van der Waals surface area contributed by atoms with Crippen molar-refractivity contribution in [3.8, 4) is 0 Å². The van der Waals surface area contributed by atoms with Gasteiger partial charge < -0.3 is 16.4 Å². The van der Waals surface area contributed by atoms with E-state index < -0.39 is 11.4 Å². The molecule has 2 rings (SSSR count). The van der Waals surface area contributed by atoms with E-state index >= 15 is 0 Å². The Kier molecular flexibility index (Phi) is 5.86. The highest BCUT2D eigenvalue weighted by Gasteiger charge is 2.39. The molecular formula is C19H29N3O2. The summed E-state index contributed by atoms with van der Waals surface area (Å²) in [5, 5.41) is 5.75. The van der Waals surface area contributed by atoms with Gasteiger partial charge in [-0.05, 0) is 36.8 Å². The number of amides is 3. The quantitative estimate of drug-likeness (QED) is 0.773. The highest BCUT2D eigenvalue weighted by atomic mass is 16.2. The molecule has 0 bridgehead atoms. The zero-order valence-electron chi connectivity index (χ0n) is 14.9. The number of carbonyl (C=O) groups excluding carboxylic acids is 2. The van der Waals surface area contributed by atoms with Crippen molar-refractivity contribution in [3.63, 3.8) is 0 Å². The van der Waals surface area contributed by atoms with Gasteiger partial charge in [0.1, 0.15) is 5.54 Å². The molecule has 0 heterocycles. The molecule has 0 saturated heterocycles. The number of carbonyl (C=O) groups is 2. The highest BCUT2D eigenvalue weighted by Crippen LogP contribution is 2.28. The van der Waals surface area contributed by atoms with Crippen LogP contribution < -0.4 is 16.4 Å². The van der Waals surface area contributed by atoms with Crippen LogP contribution in [0.2, 0.25) is 0 Å². The van der Waals surface area contributed by atoms with Crippen molar-refractivity contribution in [3.05, 3.63) is 35.4 Å². The zero-order valence-corrected chi connectivity index (χ0v) is 14.9. The SMILES string of the molecule is CC(C)c1ccc([C@@H](C)NC(=O)NC2(C(N)=O)CCCCC2)cc1. The van der Waals surface area contributed by atoms with Gasteiger partial charge in [0, 0.05) is 0 Å². The smallest absolute Gasteiger partial charge is 0.316 e. The van der Waals surface area contributed by atoms with Crippen LogP contribution in [0.25, 0.3) is 0 Å². The number of hydrogen-bond acceptors (Lipinski definition) is 2. The van der Waals surface area contributed by atoms with Crippen LogP contribution in [-0.4, -0.2) is 17.5 Å². The van der Waals surface area contributed by atoms with Crippen molar-refractivity contribution in [2.24, 2.45) is 5.73 Å². The van der Waals surface area contributed by atoms with Crippen molar-refractivity contribution in [2.45, 2.75) is 70.4 Å². The van der Waals surface area contributed by atoms with Gasteiger partial charge in [-0.25, -0.2) is 4.79 Å². The normalized spacial score (nSPS) is 18.0. The number of benzene rings is 1. The van der Waals surface area contributed by atoms with Gasteiger partial charge in [0.05, 0.1) is 6.04 Å². The summed E-state index contributed by atoms with van der Waals surface area (Å²) >= 11 is 0. The molecule has 24 heavy (non-hydrogen) atoms.